The quantitative estimate of drug-likeness (QED) is 0.175. The third-order valence-corrected chi connectivity index (χ3v) is 11.1. The molecule has 0 fully saturated rings. The number of nitrogens with zero attached hydrogens (tertiary/aromatic N) is 1. The van der Waals surface area contributed by atoms with Crippen molar-refractivity contribution >= 4 is 70.5 Å². The monoisotopic (exact) mass is 669 g/mol. The van der Waals surface area contributed by atoms with Gasteiger partial charge in [0, 0.05) is 53.6 Å². The molecule has 0 saturated heterocycles. The summed E-state index contributed by atoms with van der Waals surface area (Å²) in [5.74, 6) is 0. The molecule has 0 saturated carbocycles. The van der Waals surface area contributed by atoms with E-state index in [0.717, 1.165) is 39.0 Å². The van der Waals surface area contributed by atoms with Gasteiger partial charge < -0.3 is 9.32 Å². The van der Waals surface area contributed by atoms with Crippen LogP contribution in [0.1, 0.15) is 0 Å². The standard InChI is InChI=1S/C48H31NOS/c1-2-11-32(12-3-1)33-21-25-35(26-22-33)49(37-29-30-46-44(31-37)40-15-6-8-19-45(40)50-46)36-27-23-34(24-28-36)38-13-4-5-14-39(38)42-17-10-18-43-41-16-7-9-20-47(41)51-48(42)43/h1-31H. The Hall–Kier alpha value is -6.42. The lowest BCUT2D eigenvalue weighted by Gasteiger charge is -2.26. The summed E-state index contributed by atoms with van der Waals surface area (Å²) >= 11 is 1.88. The largest absolute Gasteiger partial charge is 0.456 e. The van der Waals surface area contributed by atoms with E-state index in [1.54, 1.807) is 0 Å². The summed E-state index contributed by atoms with van der Waals surface area (Å²) < 4.78 is 8.85. The molecule has 2 nitrogen and oxygen atoms in total. The second kappa shape index (κ2) is 12.2. The molecule has 3 heteroatoms. The van der Waals surface area contributed by atoms with Crippen molar-refractivity contribution in [1.29, 1.82) is 0 Å². The Morgan fingerprint density at radius 1 is 0.353 bits per heavy atom. The maximum Gasteiger partial charge on any atom is 0.135 e. The van der Waals surface area contributed by atoms with Gasteiger partial charge in [-0.15, -0.1) is 11.3 Å². The molecule has 0 aliphatic rings. The zero-order valence-corrected chi connectivity index (χ0v) is 28.5. The third kappa shape index (κ3) is 5.10. The minimum Gasteiger partial charge on any atom is -0.456 e. The highest BCUT2D eigenvalue weighted by Crippen LogP contribution is 2.44. The maximum atomic E-state index is 6.20. The first-order chi connectivity index (χ1) is 25.3. The van der Waals surface area contributed by atoms with Crippen LogP contribution in [-0.4, -0.2) is 0 Å². The first kappa shape index (κ1) is 29.5. The molecular weight excluding hydrogens is 639 g/mol. The Morgan fingerprint density at radius 3 is 1.73 bits per heavy atom. The molecule has 10 aromatic rings. The number of para-hydroxylation sites is 1. The van der Waals surface area contributed by atoms with Crippen LogP contribution < -0.4 is 4.90 Å². The van der Waals surface area contributed by atoms with Crippen molar-refractivity contribution in [2.24, 2.45) is 0 Å². The van der Waals surface area contributed by atoms with Gasteiger partial charge in [-0.25, -0.2) is 0 Å². The highest BCUT2D eigenvalue weighted by Gasteiger charge is 2.18. The molecule has 0 amide bonds. The SMILES string of the molecule is c1ccc(-c2ccc(N(c3ccc(-c4ccccc4-c4cccc5c4sc4ccccc45)cc3)c3ccc4oc5ccccc5c4c3)cc2)cc1. The number of rotatable bonds is 6. The highest BCUT2D eigenvalue weighted by molar-refractivity contribution is 7.26. The highest BCUT2D eigenvalue weighted by atomic mass is 32.1. The van der Waals surface area contributed by atoms with Gasteiger partial charge in [-0.3, -0.25) is 0 Å². The maximum absolute atomic E-state index is 6.20. The third-order valence-electron chi connectivity index (χ3n) is 9.91. The van der Waals surface area contributed by atoms with Crippen LogP contribution in [0.15, 0.2) is 192 Å². The van der Waals surface area contributed by atoms with Crippen LogP contribution in [0.3, 0.4) is 0 Å². The van der Waals surface area contributed by atoms with Crippen molar-refractivity contribution in [3.63, 3.8) is 0 Å². The van der Waals surface area contributed by atoms with Crippen molar-refractivity contribution in [3.8, 4) is 33.4 Å². The Kier molecular flexibility index (Phi) is 7.04. The second-order valence-corrected chi connectivity index (χ2v) is 14.0. The van der Waals surface area contributed by atoms with E-state index in [4.69, 9.17) is 4.42 Å². The minimum absolute atomic E-state index is 0.889. The van der Waals surface area contributed by atoms with Crippen molar-refractivity contribution in [3.05, 3.63) is 188 Å². The van der Waals surface area contributed by atoms with Crippen molar-refractivity contribution in [2.45, 2.75) is 0 Å². The summed E-state index contributed by atoms with van der Waals surface area (Å²) in [5, 5.41) is 4.86. The van der Waals surface area contributed by atoms with E-state index in [-0.39, 0.29) is 0 Å². The molecule has 0 spiro atoms. The van der Waals surface area contributed by atoms with Gasteiger partial charge in [0.2, 0.25) is 0 Å². The number of benzene rings is 8. The number of anilines is 3. The Morgan fingerprint density at radius 2 is 0.922 bits per heavy atom. The predicted molar refractivity (Wildman–Crippen MR) is 218 cm³/mol. The van der Waals surface area contributed by atoms with Crippen LogP contribution in [0.25, 0.3) is 75.5 Å². The topological polar surface area (TPSA) is 16.4 Å². The van der Waals surface area contributed by atoms with Gasteiger partial charge in [-0.2, -0.15) is 0 Å². The average Bonchev–Trinajstić information content (AvgIpc) is 3.77. The van der Waals surface area contributed by atoms with Gasteiger partial charge in [0.15, 0.2) is 0 Å². The molecule has 240 valence electrons. The molecule has 10 rings (SSSR count). The number of furan rings is 1. The number of hydrogen-bond donors (Lipinski definition) is 0. The van der Waals surface area contributed by atoms with Crippen molar-refractivity contribution < 1.29 is 4.42 Å². The van der Waals surface area contributed by atoms with Gasteiger partial charge in [-0.1, -0.05) is 133 Å². The normalized spacial score (nSPS) is 11.5. The summed E-state index contributed by atoms with van der Waals surface area (Å²) in [7, 11) is 0. The van der Waals surface area contributed by atoms with Gasteiger partial charge in [0.05, 0.1) is 0 Å². The molecule has 2 heterocycles. The zero-order chi connectivity index (χ0) is 33.7. The van der Waals surface area contributed by atoms with Crippen LogP contribution in [0.5, 0.6) is 0 Å². The van der Waals surface area contributed by atoms with Crippen molar-refractivity contribution in [2.75, 3.05) is 4.90 Å². The molecule has 0 aliphatic carbocycles. The molecule has 0 aliphatic heterocycles. The Balaban J connectivity index is 1.09. The van der Waals surface area contributed by atoms with Gasteiger partial charge in [0.25, 0.3) is 0 Å². The zero-order valence-electron chi connectivity index (χ0n) is 27.7. The van der Waals surface area contributed by atoms with E-state index in [1.807, 2.05) is 23.5 Å². The molecule has 2 aromatic heterocycles. The lowest BCUT2D eigenvalue weighted by molar-refractivity contribution is 0.669. The van der Waals surface area contributed by atoms with Crippen LogP contribution >= 0.6 is 11.3 Å². The summed E-state index contributed by atoms with van der Waals surface area (Å²) in [6.07, 6.45) is 0. The molecule has 0 N–H and O–H groups in total. The van der Waals surface area contributed by atoms with E-state index in [0.29, 0.717) is 0 Å². The van der Waals surface area contributed by atoms with E-state index < -0.39 is 0 Å². The average molecular weight is 670 g/mol. The van der Waals surface area contributed by atoms with Crippen LogP contribution in [-0.2, 0) is 0 Å². The summed E-state index contributed by atoms with van der Waals surface area (Å²) in [4.78, 5) is 2.34. The van der Waals surface area contributed by atoms with Crippen LogP contribution in [0.2, 0.25) is 0 Å². The van der Waals surface area contributed by atoms with E-state index >= 15 is 0 Å². The lowest BCUT2D eigenvalue weighted by atomic mass is 9.93. The van der Waals surface area contributed by atoms with Crippen LogP contribution in [0.4, 0.5) is 17.1 Å². The Bertz CT molecular complexity index is 2850. The molecule has 0 radical (unpaired) electrons. The molecule has 0 atom stereocenters. The fourth-order valence-electron chi connectivity index (χ4n) is 7.45. The smallest absolute Gasteiger partial charge is 0.135 e. The summed E-state index contributed by atoms with van der Waals surface area (Å²) in [6, 6.07) is 67.4. The number of fused-ring (bicyclic) bond motifs is 6. The predicted octanol–water partition coefficient (Wildman–Crippen LogP) is 14.4. The van der Waals surface area contributed by atoms with E-state index in [2.05, 4.69) is 181 Å². The molecule has 0 bridgehead atoms. The first-order valence-corrected chi connectivity index (χ1v) is 18.1. The van der Waals surface area contributed by atoms with Gasteiger partial charge in [0.1, 0.15) is 11.2 Å². The summed E-state index contributed by atoms with van der Waals surface area (Å²) in [5.41, 5.74) is 12.4. The second-order valence-electron chi connectivity index (χ2n) is 12.9. The van der Waals surface area contributed by atoms with E-state index in [9.17, 15) is 0 Å². The molecule has 0 unspecified atom stereocenters. The molecule has 8 aromatic carbocycles. The van der Waals surface area contributed by atoms with Gasteiger partial charge in [-0.05, 0) is 82.4 Å². The summed E-state index contributed by atoms with van der Waals surface area (Å²) in [6.45, 7) is 0. The van der Waals surface area contributed by atoms with Crippen LogP contribution in [0, 0.1) is 0 Å². The fourth-order valence-corrected chi connectivity index (χ4v) is 8.68. The van der Waals surface area contributed by atoms with E-state index in [1.165, 1.54) is 53.6 Å². The first-order valence-electron chi connectivity index (χ1n) is 17.3. The molecule has 51 heavy (non-hydrogen) atoms. The number of thiophene rings is 1. The van der Waals surface area contributed by atoms with Crippen molar-refractivity contribution in [1.82, 2.24) is 0 Å². The number of hydrogen-bond acceptors (Lipinski definition) is 3. The minimum atomic E-state index is 0.889. The Labute approximate surface area is 300 Å². The molecular formula is C48H31NOS. The van der Waals surface area contributed by atoms with Gasteiger partial charge >= 0.3 is 0 Å². The fraction of sp³-hybridized carbons (Fsp3) is 0. The lowest BCUT2D eigenvalue weighted by Crippen LogP contribution is -2.09.